The summed E-state index contributed by atoms with van der Waals surface area (Å²) in [6, 6.07) is 1.56. The largest absolute Gasteiger partial charge is 0.393 e. The Kier molecular flexibility index (Phi) is 3.84. The summed E-state index contributed by atoms with van der Waals surface area (Å²) in [5.41, 5.74) is 1.38. The highest BCUT2D eigenvalue weighted by Crippen LogP contribution is 2.62. The van der Waals surface area contributed by atoms with Crippen molar-refractivity contribution in [2.75, 3.05) is 0 Å². The van der Waals surface area contributed by atoms with Gasteiger partial charge in [-0.25, -0.2) is 0 Å². The summed E-state index contributed by atoms with van der Waals surface area (Å²) in [6.45, 7) is 3.66. The molecule has 5 unspecified atom stereocenters. The van der Waals surface area contributed by atoms with Crippen molar-refractivity contribution in [1.29, 1.82) is 0 Å². The molecule has 3 aliphatic carbocycles. The predicted molar refractivity (Wildman–Crippen MR) is 95.1 cm³/mol. The number of aliphatic hydroxyl groups is 1. The highest BCUT2D eigenvalue weighted by Gasteiger charge is 2.55. The first-order valence-corrected chi connectivity index (χ1v) is 9.39. The van der Waals surface area contributed by atoms with Crippen LogP contribution in [0.1, 0.15) is 61.6 Å². The van der Waals surface area contributed by atoms with E-state index >= 15 is 0 Å². The van der Waals surface area contributed by atoms with Gasteiger partial charge in [0.25, 0.3) is 11.4 Å². The standard InChI is InChI=1S/C19H24N2O5/c1-10-15(20(23)24)9-11-3-4-12-13(17(11)18(10)21(25)26)7-8-19(2)14(12)5-6-16(19)22/h9,12-14,16,22H,3-8H2,1-2H3. The van der Waals surface area contributed by atoms with Crippen LogP contribution in [0, 0.1) is 44.4 Å². The lowest BCUT2D eigenvalue weighted by atomic mass is 9.55. The second-order valence-electron chi connectivity index (χ2n) is 8.51. The van der Waals surface area contributed by atoms with Crippen molar-refractivity contribution in [3.05, 3.63) is 43.0 Å². The number of nitro benzene ring substituents is 2. The molecule has 0 heterocycles. The Labute approximate surface area is 151 Å². The number of aliphatic hydroxyl groups excluding tert-OH is 1. The van der Waals surface area contributed by atoms with E-state index in [9.17, 15) is 25.3 Å². The van der Waals surface area contributed by atoms with Crippen molar-refractivity contribution in [1.82, 2.24) is 0 Å². The Morgan fingerprint density at radius 2 is 1.88 bits per heavy atom. The SMILES string of the molecule is Cc1c([N+](=O)[O-])cc2c(c1[N+](=O)[O-])C1CCC3(C)C(O)CCC3C1CC2. The summed E-state index contributed by atoms with van der Waals surface area (Å²) in [7, 11) is 0. The molecule has 7 heteroatoms. The number of benzene rings is 1. The molecule has 0 bridgehead atoms. The van der Waals surface area contributed by atoms with Crippen LogP contribution in [0.4, 0.5) is 11.4 Å². The summed E-state index contributed by atoms with van der Waals surface area (Å²) in [5, 5.41) is 33.6. The number of hydrogen-bond donors (Lipinski definition) is 1. The number of aryl methyl sites for hydroxylation is 1. The predicted octanol–water partition coefficient (Wildman–Crippen LogP) is 4.03. The average Bonchev–Trinajstić information content (AvgIpc) is 2.88. The third-order valence-electron chi connectivity index (χ3n) is 7.54. The van der Waals surface area contributed by atoms with Crippen molar-refractivity contribution in [2.24, 2.45) is 17.3 Å². The van der Waals surface area contributed by atoms with Crippen LogP contribution in [0.2, 0.25) is 0 Å². The van der Waals surface area contributed by atoms with Gasteiger partial charge in [-0.15, -0.1) is 0 Å². The van der Waals surface area contributed by atoms with E-state index in [1.807, 2.05) is 0 Å². The Morgan fingerprint density at radius 3 is 2.54 bits per heavy atom. The van der Waals surface area contributed by atoms with Gasteiger partial charge in [-0.2, -0.15) is 0 Å². The fraction of sp³-hybridized carbons (Fsp3) is 0.684. The van der Waals surface area contributed by atoms with E-state index < -0.39 is 9.85 Å². The fourth-order valence-corrected chi connectivity index (χ4v) is 6.22. The maximum atomic E-state index is 11.8. The van der Waals surface area contributed by atoms with Crippen LogP contribution in [0.15, 0.2) is 6.07 Å². The second kappa shape index (κ2) is 5.74. The molecular weight excluding hydrogens is 336 g/mol. The zero-order valence-corrected chi connectivity index (χ0v) is 15.1. The zero-order valence-electron chi connectivity index (χ0n) is 15.1. The van der Waals surface area contributed by atoms with E-state index in [1.165, 1.54) is 6.92 Å². The molecule has 4 rings (SSSR count). The summed E-state index contributed by atoms with van der Waals surface area (Å²) < 4.78 is 0. The minimum absolute atomic E-state index is 0.0500. The quantitative estimate of drug-likeness (QED) is 0.633. The van der Waals surface area contributed by atoms with Gasteiger partial charge in [0.1, 0.15) is 5.56 Å². The van der Waals surface area contributed by atoms with E-state index in [0.717, 1.165) is 43.2 Å². The van der Waals surface area contributed by atoms with E-state index in [0.29, 0.717) is 18.3 Å². The number of hydrogen-bond acceptors (Lipinski definition) is 5. The molecule has 26 heavy (non-hydrogen) atoms. The van der Waals surface area contributed by atoms with Crippen molar-refractivity contribution < 1.29 is 15.0 Å². The van der Waals surface area contributed by atoms with E-state index in [1.54, 1.807) is 6.07 Å². The van der Waals surface area contributed by atoms with Crippen molar-refractivity contribution in [2.45, 2.75) is 64.4 Å². The lowest BCUT2D eigenvalue weighted by molar-refractivity contribution is -0.396. The monoisotopic (exact) mass is 360 g/mol. The Morgan fingerprint density at radius 1 is 1.15 bits per heavy atom. The lowest BCUT2D eigenvalue weighted by Gasteiger charge is -2.49. The molecule has 140 valence electrons. The molecule has 0 aliphatic heterocycles. The molecular formula is C19H24N2O5. The van der Waals surface area contributed by atoms with Crippen LogP contribution in [0.5, 0.6) is 0 Å². The Balaban J connectivity index is 1.85. The summed E-state index contributed by atoms with van der Waals surface area (Å²) in [6.07, 6.45) is 4.67. The topological polar surface area (TPSA) is 107 Å². The van der Waals surface area contributed by atoms with Gasteiger partial charge in [-0.05, 0) is 74.2 Å². The van der Waals surface area contributed by atoms with Crippen LogP contribution < -0.4 is 0 Å². The fourth-order valence-electron chi connectivity index (χ4n) is 6.22. The lowest BCUT2D eigenvalue weighted by Crippen LogP contribution is -2.44. The molecule has 5 atom stereocenters. The molecule has 1 aromatic rings. The van der Waals surface area contributed by atoms with E-state index in [4.69, 9.17) is 0 Å². The van der Waals surface area contributed by atoms with Crippen LogP contribution in [-0.4, -0.2) is 21.1 Å². The summed E-state index contributed by atoms with van der Waals surface area (Å²) in [4.78, 5) is 22.2. The maximum absolute atomic E-state index is 11.8. The number of nitro groups is 2. The van der Waals surface area contributed by atoms with Gasteiger partial charge >= 0.3 is 0 Å². The Bertz CT molecular complexity index is 808. The minimum atomic E-state index is -0.514. The molecule has 1 aromatic carbocycles. The first-order chi connectivity index (χ1) is 12.3. The first kappa shape index (κ1) is 17.4. The van der Waals surface area contributed by atoms with E-state index in [-0.39, 0.29) is 34.4 Å². The second-order valence-corrected chi connectivity index (χ2v) is 8.51. The van der Waals surface area contributed by atoms with Crippen molar-refractivity contribution in [3.63, 3.8) is 0 Å². The van der Waals surface area contributed by atoms with Gasteiger partial charge in [-0.3, -0.25) is 20.2 Å². The first-order valence-electron chi connectivity index (χ1n) is 9.39. The number of rotatable bonds is 2. The van der Waals surface area contributed by atoms with Gasteiger partial charge in [0.05, 0.1) is 16.0 Å². The summed E-state index contributed by atoms with van der Waals surface area (Å²) >= 11 is 0. The maximum Gasteiger partial charge on any atom is 0.282 e. The highest BCUT2D eigenvalue weighted by molar-refractivity contribution is 5.63. The zero-order chi connectivity index (χ0) is 18.8. The molecule has 3 aliphatic rings. The molecule has 0 radical (unpaired) electrons. The molecule has 1 N–H and O–H groups in total. The molecule has 2 fully saturated rings. The van der Waals surface area contributed by atoms with Crippen LogP contribution in [0.3, 0.4) is 0 Å². The number of nitrogens with zero attached hydrogens (tertiary/aromatic N) is 2. The third kappa shape index (κ3) is 2.22. The number of fused-ring (bicyclic) bond motifs is 5. The molecule has 7 nitrogen and oxygen atoms in total. The van der Waals surface area contributed by atoms with Gasteiger partial charge in [0.15, 0.2) is 0 Å². The van der Waals surface area contributed by atoms with E-state index in [2.05, 4.69) is 6.92 Å². The molecule has 0 saturated heterocycles. The molecule has 0 amide bonds. The smallest absolute Gasteiger partial charge is 0.282 e. The normalized spacial score (nSPS) is 35.3. The van der Waals surface area contributed by atoms with Crippen LogP contribution in [0.25, 0.3) is 0 Å². The molecule has 2 saturated carbocycles. The van der Waals surface area contributed by atoms with Crippen LogP contribution >= 0.6 is 0 Å². The van der Waals surface area contributed by atoms with Crippen molar-refractivity contribution in [3.8, 4) is 0 Å². The van der Waals surface area contributed by atoms with Gasteiger partial charge in [-0.1, -0.05) is 6.92 Å². The van der Waals surface area contributed by atoms with Gasteiger partial charge < -0.3 is 5.11 Å². The van der Waals surface area contributed by atoms with Crippen molar-refractivity contribution >= 4 is 11.4 Å². The molecule has 0 aromatic heterocycles. The minimum Gasteiger partial charge on any atom is -0.393 e. The third-order valence-corrected chi connectivity index (χ3v) is 7.54. The Hall–Kier alpha value is -2.02. The molecule has 0 spiro atoms. The van der Waals surface area contributed by atoms with Gasteiger partial charge in [0, 0.05) is 11.6 Å². The highest BCUT2D eigenvalue weighted by atomic mass is 16.6. The van der Waals surface area contributed by atoms with Crippen LogP contribution in [-0.2, 0) is 6.42 Å². The van der Waals surface area contributed by atoms with Gasteiger partial charge in [0.2, 0.25) is 0 Å². The average molecular weight is 360 g/mol. The summed E-state index contributed by atoms with van der Waals surface area (Å²) in [5.74, 6) is 0.763.